The van der Waals surface area contributed by atoms with Crippen LogP contribution in [0.15, 0.2) is 48.5 Å². The Balaban J connectivity index is 2.24. The first-order chi connectivity index (χ1) is 11.6. The number of carbonyl (C=O) groups is 2. The lowest BCUT2D eigenvalue weighted by Gasteiger charge is -2.15. The van der Waals surface area contributed by atoms with Gasteiger partial charge in [-0.3, -0.25) is 4.79 Å². The number of nitrogens with one attached hydrogen (secondary N) is 1. The van der Waals surface area contributed by atoms with Gasteiger partial charge in [-0.25, -0.2) is 4.79 Å². The number of benzene rings is 2. The number of amides is 1. The zero-order chi connectivity index (χ0) is 17.5. The van der Waals surface area contributed by atoms with Crippen molar-refractivity contribution in [2.75, 3.05) is 14.2 Å². The predicted octanol–water partition coefficient (Wildman–Crippen LogP) is 2.48. The average molecular weight is 324 g/mol. The van der Waals surface area contributed by atoms with Gasteiger partial charge in [0.25, 0.3) is 5.91 Å². The average Bonchev–Trinajstić information content (AvgIpc) is 2.65. The zero-order valence-electron chi connectivity index (χ0n) is 13.3. The third kappa shape index (κ3) is 3.70. The molecule has 6 nitrogen and oxygen atoms in total. The molecule has 0 fully saturated rings. The van der Waals surface area contributed by atoms with E-state index in [2.05, 4.69) is 10.1 Å². The number of hydrogen-bond acceptors (Lipinski definition) is 5. The van der Waals surface area contributed by atoms with Crippen LogP contribution < -0.4 is 10.1 Å². The number of nitrogens with zero attached hydrogens (tertiary/aromatic N) is 1. The first kappa shape index (κ1) is 17.0. The van der Waals surface area contributed by atoms with E-state index in [1.54, 1.807) is 42.5 Å². The van der Waals surface area contributed by atoms with Crippen molar-refractivity contribution in [1.29, 1.82) is 5.26 Å². The van der Waals surface area contributed by atoms with E-state index in [1.165, 1.54) is 20.3 Å². The number of ether oxygens (including phenoxy) is 2. The molecule has 1 atom stereocenters. The van der Waals surface area contributed by atoms with Gasteiger partial charge >= 0.3 is 5.97 Å². The summed E-state index contributed by atoms with van der Waals surface area (Å²) in [5.41, 5.74) is 1.07. The second kappa shape index (κ2) is 7.79. The number of nitriles is 1. The molecular formula is C18H16N2O4. The molecule has 1 N–H and O–H groups in total. The molecule has 6 heteroatoms. The zero-order valence-corrected chi connectivity index (χ0v) is 13.3. The van der Waals surface area contributed by atoms with Gasteiger partial charge in [0, 0.05) is 11.1 Å². The molecule has 0 aliphatic heterocycles. The molecule has 0 aliphatic rings. The summed E-state index contributed by atoms with van der Waals surface area (Å²) < 4.78 is 9.85. The first-order valence-corrected chi connectivity index (χ1v) is 7.12. The van der Waals surface area contributed by atoms with E-state index in [9.17, 15) is 14.9 Å². The molecule has 122 valence electrons. The van der Waals surface area contributed by atoms with Crippen molar-refractivity contribution in [3.8, 4) is 11.8 Å². The molecule has 2 rings (SSSR count). The lowest BCUT2D eigenvalue weighted by molar-refractivity contribution is 0.0600. The number of para-hydroxylation sites is 1. The Labute approximate surface area is 139 Å². The van der Waals surface area contributed by atoms with E-state index < -0.39 is 17.9 Å². The molecule has 1 unspecified atom stereocenters. The fourth-order valence-corrected chi connectivity index (χ4v) is 2.20. The summed E-state index contributed by atoms with van der Waals surface area (Å²) in [6.45, 7) is 0. The second-order valence-corrected chi connectivity index (χ2v) is 4.85. The quantitative estimate of drug-likeness (QED) is 0.854. The maximum atomic E-state index is 12.4. The Kier molecular flexibility index (Phi) is 5.53. The molecule has 2 aromatic carbocycles. The van der Waals surface area contributed by atoms with Crippen LogP contribution in [0.1, 0.15) is 32.3 Å². The van der Waals surface area contributed by atoms with Crippen molar-refractivity contribution in [3.05, 3.63) is 65.2 Å². The Hall–Kier alpha value is -3.33. The van der Waals surface area contributed by atoms with Gasteiger partial charge < -0.3 is 14.8 Å². The summed E-state index contributed by atoms with van der Waals surface area (Å²) in [6, 6.07) is 14.2. The molecular weight excluding hydrogens is 308 g/mol. The van der Waals surface area contributed by atoms with Crippen LogP contribution in [0.3, 0.4) is 0 Å². The molecule has 0 bridgehead atoms. The summed E-state index contributed by atoms with van der Waals surface area (Å²) in [5, 5.41) is 12.0. The fourth-order valence-electron chi connectivity index (χ4n) is 2.20. The normalized spacial score (nSPS) is 11.0. The highest BCUT2D eigenvalue weighted by Gasteiger charge is 2.19. The predicted molar refractivity (Wildman–Crippen MR) is 86.6 cm³/mol. The summed E-state index contributed by atoms with van der Waals surface area (Å²) in [4.78, 5) is 23.9. The maximum absolute atomic E-state index is 12.4. The van der Waals surface area contributed by atoms with E-state index >= 15 is 0 Å². The Morgan fingerprint density at radius 2 is 1.79 bits per heavy atom. The summed E-state index contributed by atoms with van der Waals surface area (Å²) in [5.74, 6) is -0.503. The van der Waals surface area contributed by atoms with Crippen LogP contribution >= 0.6 is 0 Å². The summed E-state index contributed by atoms with van der Waals surface area (Å²) >= 11 is 0. The SMILES string of the molecule is COC(=O)c1cccc(C(=O)NC(C#N)c2ccccc2OC)c1. The van der Waals surface area contributed by atoms with Gasteiger partial charge in [0.1, 0.15) is 11.8 Å². The molecule has 0 spiro atoms. The van der Waals surface area contributed by atoms with Crippen molar-refractivity contribution in [1.82, 2.24) is 5.32 Å². The topological polar surface area (TPSA) is 88.4 Å². The highest BCUT2D eigenvalue weighted by Crippen LogP contribution is 2.24. The minimum Gasteiger partial charge on any atom is -0.496 e. The van der Waals surface area contributed by atoms with Crippen molar-refractivity contribution in [3.63, 3.8) is 0 Å². The molecule has 24 heavy (non-hydrogen) atoms. The number of esters is 1. The van der Waals surface area contributed by atoms with Crippen molar-refractivity contribution in [2.24, 2.45) is 0 Å². The van der Waals surface area contributed by atoms with Crippen molar-refractivity contribution < 1.29 is 19.1 Å². The van der Waals surface area contributed by atoms with E-state index in [0.29, 0.717) is 11.3 Å². The minimum absolute atomic E-state index is 0.257. The maximum Gasteiger partial charge on any atom is 0.337 e. The minimum atomic E-state index is -0.879. The van der Waals surface area contributed by atoms with E-state index in [0.717, 1.165) is 0 Å². The first-order valence-electron chi connectivity index (χ1n) is 7.12. The molecule has 0 radical (unpaired) electrons. The van der Waals surface area contributed by atoms with Crippen LogP contribution in [0.4, 0.5) is 0 Å². The third-order valence-electron chi connectivity index (χ3n) is 3.40. The fraction of sp³-hybridized carbons (Fsp3) is 0.167. The highest BCUT2D eigenvalue weighted by atomic mass is 16.5. The van der Waals surface area contributed by atoms with Crippen LogP contribution in [0, 0.1) is 11.3 Å². The van der Waals surface area contributed by atoms with Gasteiger partial charge in [0.15, 0.2) is 0 Å². The highest BCUT2D eigenvalue weighted by molar-refractivity contribution is 5.98. The second-order valence-electron chi connectivity index (χ2n) is 4.85. The van der Waals surface area contributed by atoms with Crippen LogP contribution in [0.25, 0.3) is 0 Å². The molecule has 0 heterocycles. The number of methoxy groups -OCH3 is 2. The molecule has 2 aromatic rings. The van der Waals surface area contributed by atoms with Crippen molar-refractivity contribution >= 4 is 11.9 Å². The molecule has 0 aliphatic carbocycles. The Morgan fingerprint density at radius 1 is 1.08 bits per heavy atom. The lowest BCUT2D eigenvalue weighted by atomic mass is 10.1. The van der Waals surface area contributed by atoms with Crippen molar-refractivity contribution in [2.45, 2.75) is 6.04 Å². The standard InChI is InChI=1S/C18H16N2O4/c1-23-16-9-4-3-8-14(16)15(11-19)20-17(21)12-6-5-7-13(10-12)18(22)24-2/h3-10,15H,1-2H3,(H,20,21). The van der Waals surface area contributed by atoms with Crippen LogP contribution in [-0.2, 0) is 4.74 Å². The number of hydrogen-bond donors (Lipinski definition) is 1. The monoisotopic (exact) mass is 324 g/mol. The Bertz CT molecular complexity index is 796. The Morgan fingerprint density at radius 3 is 2.46 bits per heavy atom. The lowest BCUT2D eigenvalue weighted by Crippen LogP contribution is -2.28. The largest absolute Gasteiger partial charge is 0.496 e. The van der Waals surface area contributed by atoms with E-state index in [1.807, 2.05) is 6.07 Å². The summed E-state index contributed by atoms with van der Waals surface area (Å²) in [7, 11) is 2.76. The van der Waals surface area contributed by atoms with Gasteiger partial charge in [-0.15, -0.1) is 0 Å². The molecule has 0 saturated heterocycles. The smallest absolute Gasteiger partial charge is 0.337 e. The van der Waals surface area contributed by atoms with Gasteiger partial charge in [-0.2, -0.15) is 5.26 Å². The van der Waals surface area contributed by atoms with E-state index in [4.69, 9.17) is 4.74 Å². The van der Waals surface area contributed by atoms with Gasteiger partial charge in [-0.05, 0) is 24.3 Å². The van der Waals surface area contributed by atoms with Gasteiger partial charge in [-0.1, -0.05) is 24.3 Å². The molecule has 0 saturated carbocycles. The number of rotatable bonds is 5. The van der Waals surface area contributed by atoms with Crippen LogP contribution in [-0.4, -0.2) is 26.1 Å². The molecule has 1 amide bonds. The van der Waals surface area contributed by atoms with Gasteiger partial charge in [0.05, 0.1) is 25.9 Å². The number of carbonyl (C=O) groups excluding carboxylic acids is 2. The van der Waals surface area contributed by atoms with Gasteiger partial charge in [0.2, 0.25) is 0 Å². The van der Waals surface area contributed by atoms with Crippen LogP contribution in [0.2, 0.25) is 0 Å². The third-order valence-corrected chi connectivity index (χ3v) is 3.40. The molecule has 0 aromatic heterocycles. The van der Waals surface area contributed by atoms with Crippen LogP contribution in [0.5, 0.6) is 5.75 Å². The summed E-state index contributed by atoms with van der Waals surface area (Å²) in [6.07, 6.45) is 0. The van der Waals surface area contributed by atoms with E-state index in [-0.39, 0.29) is 11.1 Å².